The maximum absolute atomic E-state index is 8.91. The van der Waals surface area contributed by atoms with Crippen LogP contribution in [0.15, 0.2) is 24.4 Å². The molecule has 2 aromatic heterocycles. The van der Waals surface area contributed by atoms with Gasteiger partial charge >= 0.3 is 0 Å². The first-order valence-electron chi connectivity index (χ1n) is 6.94. The topological polar surface area (TPSA) is 86.5 Å². The number of aryl methyl sites for hydroxylation is 1. The van der Waals surface area contributed by atoms with Crippen LogP contribution in [0, 0.1) is 18.3 Å². The SMILES string of the molecule is Cc1nc(N[C@H]2CCNC2)ccc1-c1nccc(C#N)n1. The molecule has 6 nitrogen and oxygen atoms in total. The Hall–Kier alpha value is -2.52. The molecule has 106 valence electrons. The number of hydrogen-bond acceptors (Lipinski definition) is 6. The summed E-state index contributed by atoms with van der Waals surface area (Å²) in [5.74, 6) is 1.40. The second-order valence-electron chi connectivity index (χ2n) is 5.04. The van der Waals surface area contributed by atoms with Crippen LogP contribution >= 0.6 is 0 Å². The van der Waals surface area contributed by atoms with Crippen LogP contribution in [0.5, 0.6) is 0 Å². The molecule has 0 spiro atoms. The molecule has 1 aliphatic rings. The lowest BCUT2D eigenvalue weighted by atomic mass is 10.2. The zero-order chi connectivity index (χ0) is 14.7. The van der Waals surface area contributed by atoms with E-state index in [1.54, 1.807) is 12.3 Å². The molecule has 0 bridgehead atoms. The van der Waals surface area contributed by atoms with Gasteiger partial charge in [-0.3, -0.25) is 0 Å². The van der Waals surface area contributed by atoms with Crippen molar-refractivity contribution < 1.29 is 0 Å². The minimum absolute atomic E-state index is 0.360. The van der Waals surface area contributed by atoms with Crippen LogP contribution in [-0.2, 0) is 0 Å². The molecule has 0 aliphatic carbocycles. The van der Waals surface area contributed by atoms with Crippen LogP contribution in [0.3, 0.4) is 0 Å². The zero-order valence-electron chi connectivity index (χ0n) is 11.8. The number of pyridine rings is 1. The molecule has 3 rings (SSSR count). The monoisotopic (exact) mass is 280 g/mol. The van der Waals surface area contributed by atoms with Crippen molar-refractivity contribution >= 4 is 5.82 Å². The number of rotatable bonds is 3. The third-order valence-electron chi connectivity index (χ3n) is 3.51. The second-order valence-corrected chi connectivity index (χ2v) is 5.04. The number of anilines is 1. The summed E-state index contributed by atoms with van der Waals surface area (Å²) < 4.78 is 0. The number of aromatic nitrogens is 3. The Balaban J connectivity index is 1.85. The van der Waals surface area contributed by atoms with Crippen LogP contribution in [0.2, 0.25) is 0 Å². The second kappa shape index (κ2) is 5.85. The van der Waals surface area contributed by atoms with Gasteiger partial charge in [-0.25, -0.2) is 15.0 Å². The molecule has 3 heterocycles. The third kappa shape index (κ3) is 2.98. The molecule has 1 aliphatic heterocycles. The summed E-state index contributed by atoms with van der Waals surface area (Å²) in [4.78, 5) is 13.0. The summed E-state index contributed by atoms with van der Waals surface area (Å²) in [5, 5.41) is 15.6. The quantitative estimate of drug-likeness (QED) is 0.886. The first-order chi connectivity index (χ1) is 10.3. The predicted octanol–water partition coefficient (Wildman–Crippen LogP) is 1.49. The van der Waals surface area contributed by atoms with Gasteiger partial charge < -0.3 is 10.6 Å². The van der Waals surface area contributed by atoms with Crippen molar-refractivity contribution in [2.45, 2.75) is 19.4 Å². The minimum atomic E-state index is 0.360. The van der Waals surface area contributed by atoms with Crippen molar-refractivity contribution in [1.82, 2.24) is 20.3 Å². The Bertz CT molecular complexity index is 685. The smallest absolute Gasteiger partial charge is 0.162 e. The van der Waals surface area contributed by atoms with Crippen LogP contribution in [0.4, 0.5) is 5.82 Å². The predicted molar refractivity (Wildman–Crippen MR) is 79.6 cm³/mol. The molecule has 1 saturated heterocycles. The maximum Gasteiger partial charge on any atom is 0.162 e. The van der Waals surface area contributed by atoms with E-state index in [4.69, 9.17) is 5.26 Å². The van der Waals surface area contributed by atoms with E-state index in [9.17, 15) is 0 Å². The molecule has 0 aromatic carbocycles. The first-order valence-corrected chi connectivity index (χ1v) is 6.94. The normalized spacial score (nSPS) is 17.4. The van der Waals surface area contributed by atoms with Crippen LogP contribution in [0.1, 0.15) is 17.8 Å². The Morgan fingerprint density at radius 3 is 2.95 bits per heavy atom. The van der Waals surface area contributed by atoms with E-state index < -0.39 is 0 Å². The van der Waals surface area contributed by atoms with Gasteiger partial charge in [-0.2, -0.15) is 5.26 Å². The Kier molecular flexibility index (Phi) is 3.75. The molecule has 0 saturated carbocycles. The zero-order valence-corrected chi connectivity index (χ0v) is 11.8. The van der Waals surface area contributed by atoms with Crippen molar-refractivity contribution in [3.8, 4) is 17.5 Å². The highest BCUT2D eigenvalue weighted by Crippen LogP contribution is 2.21. The lowest BCUT2D eigenvalue weighted by Crippen LogP contribution is -2.22. The summed E-state index contributed by atoms with van der Waals surface area (Å²) >= 11 is 0. The lowest BCUT2D eigenvalue weighted by molar-refractivity contribution is 0.787. The highest BCUT2D eigenvalue weighted by Gasteiger charge is 2.15. The van der Waals surface area contributed by atoms with Crippen molar-refractivity contribution in [3.63, 3.8) is 0 Å². The molecular weight excluding hydrogens is 264 g/mol. The Labute approximate surface area is 123 Å². The fraction of sp³-hybridized carbons (Fsp3) is 0.333. The molecule has 2 aromatic rings. The average Bonchev–Trinajstić information content (AvgIpc) is 3.00. The van der Waals surface area contributed by atoms with Crippen molar-refractivity contribution in [2.24, 2.45) is 0 Å². The Morgan fingerprint density at radius 1 is 1.33 bits per heavy atom. The molecule has 21 heavy (non-hydrogen) atoms. The number of hydrogen-bond donors (Lipinski definition) is 2. The van der Waals surface area contributed by atoms with E-state index in [0.29, 0.717) is 17.6 Å². The van der Waals surface area contributed by atoms with E-state index in [1.165, 1.54) is 0 Å². The van der Waals surface area contributed by atoms with E-state index in [-0.39, 0.29) is 0 Å². The molecule has 0 unspecified atom stereocenters. The molecule has 6 heteroatoms. The largest absolute Gasteiger partial charge is 0.366 e. The summed E-state index contributed by atoms with van der Waals surface area (Å²) in [7, 11) is 0. The lowest BCUT2D eigenvalue weighted by Gasteiger charge is -2.13. The van der Waals surface area contributed by atoms with Crippen molar-refractivity contribution in [1.29, 1.82) is 5.26 Å². The van der Waals surface area contributed by atoms with Gasteiger partial charge in [-0.05, 0) is 38.1 Å². The van der Waals surface area contributed by atoms with Gasteiger partial charge in [-0.1, -0.05) is 0 Å². The molecule has 0 amide bonds. The molecule has 0 radical (unpaired) electrons. The van der Waals surface area contributed by atoms with E-state index >= 15 is 0 Å². The van der Waals surface area contributed by atoms with E-state index in [2.05, 4.69) is 25.6 Å². The summed E-state index contributed by atoms with van der Waals surface area (Å²) in [6, 6.07) is 7.93. The minimum Gasteiger partial charge on any atom is -0.366 e. The van der Waals surface area contributed by atoms with E-state index in [1.807, 2.05) is 25.1 Å². The van der Waals surface area contributed by atoms with Crippen LogP contribution < -0.4 is 10.6 Å². The fourth-order valence-electron chi connectivity index (χ4n) is 2.42. The maximum atomic E-state index is 8.91. The standard InChI is InChI=1S/C15H16N6/c1-10-13(15-18-7-5-11(8-16)21-15)2-3-14(19-10)20-12-4-6-17-9-12/h2-3,5,7,12,17H,4,6,9H2,1H3,(H,19,20)/t12-/m0/s1. The van der Waals surface area contributed by atoms with E-state index in [0.717, 1.165) is 36.6 Å². The number of nitrogens with one attached hydrogen (secondary N) is 2. The molecular formula is C15H16N6. The Morgan fingerprint density at radius 2 is 2.24 bits per heavy atom. The average molecular weight is 280 g/mol. The van der Waals surface area contributed by atoms with Gasteiger partial charge in [0.1, 0.15) is 17.6 Å². The molecule has 1 atom stereocenters. The van der Waals surface area contributed by atoms with Gasteiger partial charge in [0.25, 0.3) is 0 Å². The summed E-state index contributed by atoms with van der Waals surface area (Å²) in [5.41, 5.74) is 2.06. The summed E-state index contributed by atoms with van der Waals surface area (Å²) in [6.45, 7) is 3.94. The van der Waals surface area contributed by atoms with Gasteiger partial charge in [0.15, 0.2) is 5.82 Å². The van der Waals surface area contributed by atoms with Gasteiger partial charge in [0, 0.05) is 24.3 Å². The summed E-state index contributed by atoms with van der Waals surface area (Å²) in [6.07, 6.45) is 2.70. The van der Waals surface area contributed by atoms with Gasteiger partial charge in [0.05, 0.1) is 5.69 Å². The first kappa shape index (κ1) is 13.5. The van der Waals surface area contributed by atoms with Gasteiger partial charge in [-0.15, -0.1) is 0 Å². The fourth-order valence-corrected chi connectivity index (χ4v) is 2.42. The van der Waals surface area contributed by atoms with Gasteiger partial charge in [0.2, 0.25) is 0 Å². The number of nitrogens with zero attached hydrogens (tertiary/aromatic N) is 4. The van der Waals surface area contributed by atoms with Crippen LogP contribution in [-0.4, -0.2) is 34.1 Å². The molecule has 2 N–H and O–H groups in total. The van der Waals surface area contributed by atoms with Crippen molar-refractivity contribution in [3.05, 3.63) is 35.8 Å². The van der Waals surface area contributed by atoms with Crippen molar-refractivity contribution in [2.75, 3.05) is 18.4 Å². The van der Waals surface area contributed by atoms with Crippen LogP contribution in [0.25, 0.3) is 11.4 Å². The molecule has 1 fully saturated rings. The highest BCUT2D eigenvalue weighted by molar-refractivity contribution is 5.60. The third-order valence-corrected chi connectivity index (χ3v) is 3.51. The highest BCUT2D eigenvalue weighted by atomic mass is 15.1. The number of nitriles is 1.